The van der Waals surface area contributed by atoms with E-state index in [1.54, 1.807) is 11.8 Å². The highest BCUT2D eigenvalue weighted by molar-refractivity contribution is 7.99. The molecular formula is C24H29N3O2S. The third kappa shape index (κ3) is 4.98. The first kappa shape index (κ1) is 20.8. The van der Waals surface area contributed by atoms with E-state index in [-0.39, 0.29) is 17.7 Å². The van der Waals surface area contributed by atoms with E-state index >= 15 is 0 Å². The SMILES string of the molecule is O=C(CCN1c2ccccc2Sc2ccccc21)NCCNC(=O)C1CCCCC1. The lowest BCUT2D eigenvalue weighted by atomic mass is 9.89. The van der Waals surface area contributed by atoms with Crippen molar-refractivity contribution in [2.75, 3.05) is 24.5 Å². The molecule has 1 aliphatic heterocycles. The van der Waals surface area contributed by atoms with Gasteiger partial charge >= 0.3 is 0 Å². The van der Waals surface area contributed by atoms with E-state index in [0.717, 1.165) is 37.1 Å². The van der Waals surface area contributed by atoms with Gasteiger partial charge in [0.2, 0.25) is 11.8 Å². The van der Waals surface area contributed by atoms with Crippen LogP contribution in [0.4, 0.5) is 11.4 Å². The molecule has 0 bridgehead atoms. The number of carbonyl (C=O) groups is 2. The molecular weight excluding hydrogens is 394 g/mol. The maximum atomic E-state index is 12.4. The highest BCUT2D eigenvalue weighted by atomic mass is 32.2. The average Bonchev–Trinajstić information content (AvgIpc) is 2.80. The Morgan fingerprint density at radius 2 is 1.47 bits per heavy atom. The first-order valence-corrected chi connectivity index (χ1v) is 11.7. The van der Waals surface area contributed by atoms with Crippen molar-refractivity contribution in [1.29, 1.82) is 0 Å². The number of anilines is 2. The molecule has 0 atom stereocenters. The number of amides is 2. The van der Waals surface area contributed by atoms with Crippen molar-refractivity contribution < 1.29 is 9.59 Å². The van der Waals surface area contributed by atoms with E-state index in [9.17, 15) is 9.59 Å². The molecule has 2 amide bonds. The quantitative estimate of drug-likeness (QED) is 0.644. The predicted molar refractivity (Wildman–Crippen MR) is 121 cm³/mol. The molecule has 30 heavy (non-hydrogen) atoms. The average molecular weight is 424 g/mol. The fourth-order valence-corrected chi connectivity index (χ4v) is 5.32. The Morgan fingerprint density at radius 1 is 0.867 bits per heavy atom. The van der Waals surface area contributed by atoms with Crippen LogP contribution in [-0.2, 0) is 9.59 Å². The van der Waals surface area contributed by atoms with Crippen LogP contribution >= 0.6 is 11.8 Å². The number of carbonyl (C=O) groups excluding carboxylic acids is 2. The van der Waals surface area contributed by atoms with Gasteiger partial charge in [0.1, 0.15) is 0 Å². The lowest BCUT2D eigenvalue weighted by molar-refractivity contribution is -0.126. The number of fused-ring (bicyclic) bond motifs is 2. The van der Waals surface area contributed by atoms with E-state index in [1.807, 2.05) is 24.3 Å². The highest BCUT2D eigenvalue weighted by Crippen LogP contribution is 2.47. The van der Waals surface area contributed by atoms with Gasteiger partial charge in [-0.2, -0.15) is 0 Å². The van der Waals surface area contributed by atoms with Crippen LogP contribution in [0.2, 0.25) is 0 Å². The molecule has 1 aliphatic carbocycles. The molecule has 1 saturated carbocycles. The molecule has 2 aromatic carbocycles. The van der Waals surface area contributed by atoms with Gasteiger partial charge in [-0.3, -0.25) is 9.59 Å². The van der Waals surface area contributed by atoms with E-state index in [4.69, 9.17) is 0 Å². The van der Waals surface area contributed by atoms with E-state index in [2.05, 4.69) is 39.8 Å². The molecule has 0 aromatic heterocycles. The number of para-hydroxylation sites is 2. The standard InChI is InChI=1S/C24H29N3O2S/c28-23(25-15-16-26-24(29)18-8-2-1-3-9-18)14-17-27-19-10-4-6-12-21(19)30-22-13-7-5-11-20(22)27/h4-7,10-13,18H,1-3,8-9,14-17H2,(H,25,28)(H,26,29). The number of hydrogen-bond donors (Lipinski definition) is 2. The summed E-state index contributed by atoms with van der Waals surface area (Å²) in [6, 6.07) is 16.6. The number of rotatable bonds is 7. The van der Waals surface area contributed by atoms with Crippen molar-refractivity contribution in [3.05, 3.63) is 48.5 Å². The topological polar surface area (TPSA) is 61.4 Å². The summed E-state index contributed by atoms with van der Waals surface area (Å²) in [5.41, 5.74) is 2.29. The van der Waals surface area contributed by atoms with Crippen LogP contribution in [0, 0.1) is 5.92 Å². The minimum Gasteiger partial charge on any atom is -0.354 e. The van der Waals surface area contributed by atoms with Gasteiger partial charge in [-0.15, -0.1) is 0 Å². The Morgan fingerprint density at radius 3 is 2.13 bits per heavy atom. The summed E-state index contributed by atoms with van der Waals surface area (Å²) in [5, 5.41) is 5.92. The zero-order valence-corrected chi connectivity index (χ0v) is 18.0. The lowest BCUT2D eigenvalue weighted by Gasteiger charge is -2.32. The molecule has 2 aromatic rings. The smallest absolute Gasteiger partial charge is 0.223 e. The number of nitrogens with one attached hydrogen (secondary N) is 2. The molecule has 0 spiro atoms. The maximum Gasteiger partial charge on any atom is 0.223 e. The van der Waals surface area contributed by atoms with Gasteiger partial charge in [-0.05, 0) is 37.1 Å². The van der Waals surface area contributed by atoms with Crippen molar-refractivity contribution >= 4 is 35.0 Å². The Labute approximate surface area is 182 Å². The van der Waals surface area contributed by atoms with Crippen molar-refractivity contribution in [3.8, 4) is 0 Å². The second-order valence-electron chi connectivity index (χ2n) is 7.92. The van der Waals surface area contributed by atoms with Gasteiger partial charge < -0.3 is 15.5 Å². The van der Waals surface area contributed by atoms with Crippen molar-refractivity contribution in [1.82, 2.24) is 10.6 Å². The molecule has 2 N–H and O–H groups in total. The number of nitrogens with zero attached hydrogens (tertiary/aromatic N) is 1. The van der Waals surface area contributed by atoms with Crippen molar-refractivity contribution in [3.63, 3.8) is 0 Å². The summed E-state index contributed by atoms with van der Waals surface area (Å²) < 4.78 is 0. The maximum absolute atomic E-state index is 12.4. The number of benzene rings is 2. The summed E-state index contributed by atoms with van der Waals surface area (Å²) in [4.78, 5) is 29.2. The number of hydrogen-bond acceptors (Lipinski definition) is 4. The molecule has 0 radical (unpaired) electrons. The van der Waals surface area contributed by atoms with Gasteiger partial charge in [-0.1, -0.05) is 55.3 Å². The second kappa shape index (κ2) is 10.0. The fourth-order valence-electron chi connectivity index (χ4n) is 4.22. The van der Waals surface area contributed by atoms with Crippen LogP contribution in [0.3, 0.4) is 0 Å². The van der Waals surface area contributed by atoms with Crippen LogP contribution in [0.5, 0.6) is 0 Å². The second-order valence-corrected chi connectivity index (χ2v) is 9.00. The van der Waals surface area contributed by atoms with E-state index in [0.29, 0.717) is 26.1 Å². The summed E-state index contributed by atoms with van der Waals surface area (Å²) in [5.74, 6) is 0.310. The van der Waals surface area contributed by atoms with Crippen LogP contribution in [0.25, 0.3) is 0 Å². The minimum atomic E-state index is 0.00936. The monoisotopic (exact) mass is 423 g/mol. The predicted octanol–water partition coefficient (Wildman–Crippen LogP) is 4.49. The highest BCUT2D eigenvalue weighted by Gasteiger charge is 2.23. The van der Waals surface area contributed by atoms with Gasteiger partial charge in [0, 0.05) is 41.8 Å². The first-order valence-electron chi connectivity index (χ1n) is 10.9. The third-order valence-electron chi connectivity index (χ3n) is 5.82. The van der Waals surface area contributed by atoms with Gasteiger partial charge in [-0.25, -0.2) is 0 Å². The third-order valence-corrected chi connectivity index (χ3v) is 6.95. The minimum absolute atomic E-state index is 0.00936. The van der Waals surface area contributed by atoms with Crippen LogP contribution in [-0.4, -0.2) is 31.4 Å². The van der Waals surface area contributed by atoms with E-state index < -0.39 is 0 Å². The van der Waals surface area contributed by atoms with Crippen LogP contribution in [0.15, 0.2) is 58.3 Å². The van der Waals surface area contributed by atoms with Crippen LogP contribution in [0.1, 0.15) is 38.5 Å². The summed E-state index contributed by atoms with van der Waals surface area (Å²) in [6.07, 6.45) is 5.94. The van der Waals surface area contributed by atoms with Gasteiger partial charge in [0.15, 0.2) is 0 Å². The zero-order valence-electron chi connectivity index (χ0n) is 17.2. The van der Waals surface area contributed by atoms with Crippen molar-refractivity contribution in [2.24, 2.45) is 5.92 Å². The molecule has 4 rings (SSSR count). The Bertz CT molecular complexity index is 850. The summed E-state index contributed by atoms with van der Waals surface area (Å²) in [7, 11) is 0. The Kier molecular flexibility index (Phi) is 6.95. The summed E-state index contributed by atoms with van der Waals surface area (Å²) in [6.45, 7) is 1.59. The largest absolute Gasteiger partial charge is 0.354 e. The molecule has 158 valence electrons. The van der Waals surface area contributed by atoms with E-state index in [1.165, 1.54) is 16.2 Å². The van der Waals surface area contributed by atoms with Gasteiger partial charge in [0.25, 0.3) is 0 Å². The zero-order chi connectivity index (χ0) is 20.8. The van der Waals surface area contributed by atoms with Crippen molar-refractivity contribution in [2.45, 2.75) is 48.3 Å². The Hall–Kier alpha value is -2.47. The molecule has 5 nitrogen and oxygen atoms in total. The fraction of sp³-hybridized carbons (Fsp3) is 0.417. The molecule has 0 unspecified atom stereocenters. The summed E-state index contributed by atoms with van der Waals surface area (Å²) >= 11 is 1.77. The normalized spacial score (nSPS) is 15.8. The molecule has 0 saturated heterocycles. The first-order chi connectivity index (χ1) is 14.7. The lowest BCUT2D eigenvalue weighted by Crippen LogP contribution is -2.38. The van der Waals surface area contributed by atoms with Crippen LogP contribution < -0.4 is 15.5 Å². The molecule has 1 fully saturated rings. The molecule has 2 aliphatic rings. The Balaban J connectivity index is 1.26. The molecule has 6 heteroatoms. The van der Waals surface area contributed by atoms with Gasteiger partial charge in [0.05, 0.1) is 11.4 Å². The molecule has 1 heterocycles.